The third kappa shape index (κ3) is 7.24. The van der Waals surface area contributed by atoms with Gasteiger partial charge in [-0.25, -0.2) is 4.79 Å². The van der Waals surface area contributed by atoms with E-state index in [9.17, 15) is 15.0 Å². The molecule has 3 aromatic carbocycles. The van der Waals surface area contributed by atoms with Crippen LogP contribution in [0.5, 0.6) is 5.75 Å². The minimum atomic E-state index is -0.530. The van der Waals surface area contributed by atoms with E-state index in [-0.39, 0.29) is 30.6 Å². The maximum atomic E-state index is 11.7. The van der Waals surface area contributed by atoms with Crippen LogP contribution in [0.4, 0.5) is 4.79 Å². The van der Waals surface area contributed by atoms with Crippen LogP contribution in [-0.4, -0.2) is 34.6 Å². The highest BCUT2D eigenvalue weighted by molar-refractivity contribution is 7.99. The van der Waals surface area contributed by atoms with Gasteiger partial charge in [0.25, 0.3) is 0 Å². The molecule has 8 heteroatoms. The van der Waals surface area contributed by atoms with Crippen molar-refractivity contribution in [3.8, 4) is 5.75 Å². The van der Waals surface area contributed by atoms with Crippen LogP contribution in [0.25, 0.3) is 0 Å². The number of hydrogen-bond donors (Lipinski definition) is 4. The van der Waals surface area contributed by atoms with Gasteiger partial charge >= 0.3 is 6.03 Å². The Hall–Kier alpha value is -3.04. The van der Waals surface area contributed by atoms with E-state index in [0.29, 0.717) is 19.5 Å². The summed E-state index contributed by atoms with van der Waals surface area (Å²) in [5, 5.41) is 24.5. The Kier molecular flexibility index (Phi) is 9.24. The van der Waals surface area contributed by atoms with Gasteiger partial charge in [0, 0.05) is 35.7 Å². The molecule has 1 aliphatic heterocycles. The SMILES string of the molecule is CCNC(=O)NCc1ccc(C2O[C@H](CSc3ccc(O)cc3)C[C@H](c3ccc(CO)cc3)O2)cc1. The normalized spacial score (nSPS) is 19.6. The maximum Gasteiger partial charge on any atom is 0.315 e. The average molecular weight is 509 g/mol. The molecular weight excluding hydrogens is 476 g/mol. The fourth-order valence-electron chi connectivity index (χ4n) is 3.95. The number of nitrogens with one attached hydrogen (secondary N) is 2. The number of rotatable bonds is 9. The Balaban J connectivity index is 1.46. The Bertz CT molecular complexity index is 1110. The molecule has 7 nitrogen and oxygen atoms in total. The fourth-order valence-corrected chi connectivity index (χ4v) is 4.87. The van der Waals surface area contributed by atoms with Crippen molar-refractivity contribution < 1.29 is 24.5 Å². The molecule has 2 amide bonds. The number of urea groups is 1. The maximum absolute atomic E-state index is 11.7. The number of carbonyl (C=O) groups is 1. The van der Waals surface area contributed by atoms with Crippen molar-refractivity contribution >= 4 is 17.8 Å². The van der Waals surface area contributed by atoms with E-state index in [1.165, 1.54) is 0 Å². The number of benzene rings is 3. The van der Waals surface area contributed by atoms with Crippen molar-refractivity contribution in [2.45, 2.75) is 49.9 Å². The number of carbonyl (C=O) groups excluding carboxylic acids is 1. The summed E-state index contributed by atoms with van der Waals surface area (Å²) in [7, 11) is 0. The summed E-state index contributed by atoms with van der Waals surface area (Å²) in [6.07, 6.45) is -0.0311. The lowest BCUT2D eigenvalue weighted by Gasteiger charge is -2.36. The zero-order valence-electron chi connectivity index (χ0n) is 20.2. The molecule has 0 radical (unpaired) electrons. The van der Waals surface area contributed by atoms with Crippen molar-refractivity contribution in [3.05, 3.63) is 95.1 Å². The van der Waals surface area contributed by atoms with Gasteiger partial charge in [-0.3, -0.25) is 0 Å². The van der Waals surface area contributed by atoms with E-state index in [0.717, 1.165) is 32.9 Å². The van der Waals surface area contributed by atoms with Gasteiger partial charge in [0.2, 0.25) is 0 Å². The van der Waals surface area contributed by atoms with E-state index < -0.39 is 6.29 Å². The highest BCUT2D eigenvalue weighted by Crippen LogP contribution is 2.39. The number of phenolic OH excluding ortho intramolecular Hbond substituents is 1. The van der Waals surface area contributed by atoms with Gasteiger partial charge in [-0.2, -0.15) is 0 Å². The van der Waals surface area contributed by atoms with Crippen LogP contribution in [-0.2, 0) is 22.6 Å². The van der Waals surface area contributed by atoms with Crippen molar-refractivity contribution in [3.63, 3.8) is 0 Å². The lowest BCUT2D eigenvalue weighted by Crippen LogP contribution is -2.34. The number of aliphatic hydroxyl groups is 1. The van der Waals surface area contributed by atoms with Crippen molar-refractivity contribution in [1.29, 1.82) is 0 Å². The lowest BCUT2D eigenvalue weighted by atomic mass is 10.0. The van der Waals surface area contributed by atoms with Gasteiger partial charge in [0.15, 0.2) is 6.29 Å². The lowest BCUT2D eigenvalue weighted by molar-refractivity contribution is -0.245. The first kappa shape index (κ1) is 26.0. The molecule has 1 saturated heterocycles. The molecule has 1 aliphatic rings. The van der Waals surface area contributed by atoms with Crippen LogP contribution in [0, 0.1) is 0 Å². The minimum absolute atomic E-state index is 0.00471. The predicted octanol–water partition coefficient (Wildman–Crippen LogP) is 5.04. The molecule has 36 heavy (non-hydrogen) atoms. The summed E-state index contributed by atoms with van der Waals surface area (Å²) >= 11 is 1.68. The molecule has 1 heterocycles. The molecular formula is C28H32N2O5S. The highest BCUT2D eigenvalue weighted by atomic mass is 32.2. The molecule has 0 aliphatic carbocycles. The van der Waals surface area contributed by atoms with Crippen LogP contribution in [0.2, 0.25) is 0 Å². The van der Waals surface area contributed by atoms with E-state index in [1.807, 2.05) is 67.6 Å². The third-order valence-corrected chi connectivity index (χ3v) is 7.07. The molecule has 0 bridgehead atoms. The number of aromatic hydroxyl groups is 1. The summed E-state index contributed by atoms with van der Waals surface area (Å²) in [5.41, 5.74) is 3.80. The number of aliphatic hydroxyl groups excluding tert-OH is 1. The molecule has 1 unspecified atom stereocenters. The van der Waals surface area contributed by atoms with E-state index in [2.05, 4.69) is 10.6 Å². The number of thioether (sulfide) groups is 1. The molecule has 0 aromatic heterocycles. The molecule has 3 atom stereocenters. The summed E-state index contributed by atoms with van der Waals surface area (Å²) in [6.45, 7) is 2.90. The zero-order valence-corrected chi connectivity index (χ0v) is 21.0. The van der Waals surface area contributed by atoms with E-state index in [4.69, 9.17) is 9.47 Å². The number of amides is 2. The topological polar surface area (TPSA) is 100 Å². The first-order valence-corrected chi connectivity index (χ1v) is 13.1. The van der Waals surface area contributed by atoms with Gasteiger partial charge in [0.05, 0.1) is 18.8 Å². The number of phenols is 1. The first-order chi connectivity index (χ1) is 17.5. The molecule has 3 aromatic rings. The summed E-state index contributed by atoms with van der Waals surface area (Å²) in [5.74, 6) is 0.988. The quantitative estimate of drug-likeness (QED) is 0.302. The Morgan fingerprint density at radius 3 is 2.25 bits per heavy atom. The molecule has 4 rings (SSSR count). The standard InChI is InChI=1S/C28H32N2O5S/c1-2-29-28(33)30-16-19-3-9-22(10-4-19)27-34-24(18-36-25-13-11-23(32)12-14-25)15-26(35-27)21-7-5-20(17-31)6-8-21/h3-14,24,26-27,31-32H,2,15-18H2,1H3,(H2,29,30,33)/t24-,26+,27?/m0/s1. The largest absolute Gasteiger partial charge is 0.508 e. The monoisotopic (exact) mass is 508 g/mol. The Morgan fingerprint density at radius 1 is 0.917 bits per heavy atom. The molecule has 0 saturated carbocycles. The van der Waals surface area contributed by atoms with Crippen molar-refractivity contribution in [1.82, 2.24) is 10.6 Å². The summed E-state index contributed by atoms with van der Waals surface area (Å²) in [6, 6.07) is 22.7. The van der Waals surface area contributed by atoms with Crippen LogP contribution in [0.3, 0.4) is 0 Å². The second-order valence-electron chi connectivity index (χ2n) is 8.61. The van der Waals surface area contributed by atoms with Gasteiger partial charge in [-0.05, 0) is 47.9 Å². The van der Waals surface area contributed by atoms with Crippen molar-refractivity contribution in [2.24, 2.45) is 0 Å². The number of ether oxygens (including phenoxy) is 2. The van der Waals surface area contributed by atoms with Gasteiger partial charge in [-0.15, -0.1) is 11.8 Å². The van der Waals surface area contributed by atoms with Crippen LogP contribution >= 0.6 is 11.8 Å². The van der Waals surface area contributed by atoms with Crippen LogP contribution in [0.15, 0.2) is 77.7 Å². The minimum Gasteiger partial charge on any atom is -0.508 e. The summed E-state index contributed by atoms with van der Waals surface area (Å²) in [4.78, 5) is 12.7. The van der Waals surface area contributed by atoms with Gasteiger partial charge in [0.1, 0.15) is 5.75 Å². The second kappa shape index (κ2) is 12.8. The Morgan fingerprint density at radius 2 is 1.58 bits per heavy atom. The first-order valence-electron chi connectivity index (χ1n) is 12.1. The predicted molar refractivity (Wildman–Crippen MR) is 140 cm³/mol. The highest BCUT2D eigenvalue weighted by Gasteiger charge is 2.32. The fraction of sp³-hybridized carbons (Fsp3) is 0.321. The third-order valence-electron chi connectivity index (χ3n) is 5.93. The van der Waals surface area contributed by atoms with E-state index in [1.54, 1.807) is 23.9 Å². The van der Waals surface area contributed by atoms with Gasteiger partial charge in [-0.1, -0.05) is 48.5 Å². The summed E-state index contributed by atoms with van der Waals surface area (Å²) < 4.78 is 12.8. The Labute approximate surface area is 215 Å². The average Bonchev–Trinajstić information content (AvgIpc) is 2.92. The van der Waals surface area contributed by atoms with Crippen LogP contribution < -0.4 is 10.6 Å². The van der Waals surface area contributed by atoms with Crippen LogP contribution in [0.1, 0.15) is 48.0 Å². The van der Waals surface area contributed by atoms with Gasteiger partial charge < -0.3 is 30.3 Å². The zero-order chi connectivity index (χ0) is 25.3. The molecule has 0 spiro atoms. The van der Waals surface area contributed by atoms with E-state index >= 15 is 0 Å². The second-order valence-corrected chi connectivity index (χ2v) is 9.70. The van der Waals surface area contributed by atoms with Crippen molar-refractivity contribution in [2.75, 3.05) is 12.3 Å². The molecule has 190 valence electrons. The number of hydrogen-bond acceptors (Lipinski definition) is 6. The molecule has 4 N–H and O–H groups in total. The smallest absolute Gasteiger partial charge is 0.315 e. The molecule has 1 fully saturated rings.